The number of aryl methyl sites for hydroxylation is 1. The van der Waals surface area contributed by atoms with Crippen molar-refractivity contribution in [3.8, 4) is 5.75 Å². The number of hydrogen-bond acceptors (Lipinski definition) is 4. The maximum atomic E-state index is 11.5. The largest absolute Gasteiger partial charge is 0.462 e. The molecule has 27 heavy (non-hydrogen) atoms. The molecule has 3 aliphatic rings. The van der Waals surface area contributed by atoms with E-state index in [1.165, 1.54) is 25.0 Å². The number of carbonyl (C=O) groups excluding carboxylic acids is 2. The standard InChI is InChI=1S/C22H27BrO4/c1-12(24)26-20-10-14-4-5-16-15(17(14)11-19(20)23)8-9-22(3)18(16)6-7-21(22)27-13(2)25/h10-11,15-16,18,21H,4-9H2,1-3H3/t15-,16-,18-,21-,22+/m1/s1. The molecule has 4 rings (SSSR count). The van der Waals surface area contributed by atoms with E-state index in [2.05, 4.69) is 28.9 Å². The van der Waals surface area contributed by atoms with Crippen LogP contribution in [0.2, 0.25) is 0 Å². The number of halogens is 1. The van der Waals surface area contributed by atoms with Gasteiger partial charge in [-0.3, -0.25) is 9.59 Å². The van der Waals surface area contributed by atoms with E-state index in [1.54, 1.807) is 0 Å². The Morgan fingerprint density at radius 2 is 1.89 bits per heavy atom. The molecule has 0 N–H and O–H groups in total. The van der Waals surface area contributed by atoms with Gasteiger partial charge in [0.25, 0.3) is 0 Å². The van der Waals surface area contributed by atoms with Crippen molar-refractivity contribution in [2.45, 2.75) is 71.3 Å². The molecule has 1 aromatic carbocycles. The summed E-state index contributed by atoms with van der Waals surface area (Å²) < 4.78 is 11.9. The van der Waals surface area contributed by atoms with Crippen LogP contribution in [0.1, 0.15) is 69.9 Å². The fourth-order valence-electron chi connectivity index (χ4n) is 6.15. The van der Waals surface area contributed by atoms with Crippen LogP contribution >= 0.6 is 15.9 Å². The van der Waals surface area contributed by atoms with Gasteiger partial charge >= 0.3 is 11.9 Å². The molecule has 2 saturated carbocycles. The summed E-state index contributed by atoms with van der Waals surface area (Å²) in [7, 11) is 0. The molecule has 0 radical (unpaired) electrons. The van der Waals surface area contributed by atoms with Crippen LogP contribution in [0.25, 0.3) is 0 Å². The van der Waals surface area contributed by atoms with Crippen LogP contribution in [-0.4, -0.2) is 18.0 Å². The first-order chi connectivity index (χ1) is 12.8. The highest BCUT2D eigenvalue weighted by Crippen LogP contribution is 2.61. The lowest BCUT2D eigenvalue weighted by molar-refractivity contribution is -0.154. The number of hydrogen-bond donors (Lipinski definition) is 0. The van der Waals surface area contributed by atoms with Crippen molar-refractivity contribution in [2.75, 3.05) is 0 Å². The third kappa shape index (κ3) is 3.22. The third-order valence-corrected chi connectivity index (χ3v) is 7.87. The van der Waals surface area contributed by atoms with Crippen molar-refractivity contribution in [3.63, 3.8) is 0 Å². The molecule has 5 heteroatoms. The van der Waals surface area contributed by atoms with Gasteiger partial charge in [-0.25, -0.2) is 0 Å². The highest BCUT2D eigenvalue weighted by atomic mass is 79.9. The van der Waals surface area contributed by atoms with Gasteiger partial charge < -0.3 is 9.47 Å². The van der Waals surface area contributed by atoms with Crippen molar-refractivity contribution in [1.82, 2.24) is 0 Å². The Morgan fingerprint density at radius 3 is 2.59 bits per heavy atom. The number of fused-ring (bicyclic) bond motifs is 5. The number of esters is 2. The molecule has 3 aliphatic carbocycles. The molecule has 0 bridgehead atoms. The first kappa shape index (κ1) is 19.0. The molecule has 0 aliphatic heterocycles. The quantitative estimate of drug-likeness (QED) is 0.476. The van der Waals surface area contributed by atoms with Crippen molar-refractivity contribution in [2.24, 2.45) is 17.3 Å². The van der Waals surface area contributed by atoms with E-state index >= 15 is 0 Å². The van der Waals surface area contributed by atoms with Crippen LogP contribution in [0, 0.1) is 17.3 Å². The van der Waals surface area contributed by atoms with Gasteiger partial charge in [-0.1, -0.05) is 6.92 Å². The fraction of sp³-hybridized carbons (Fsp3) is 0.636. The van der Waals surface area contributed by atoms with Crippen molar-refractivity contribution in [3.05, 3.63) is 27.7 Å². The Kier molecular flexibility index (Phi) is 4.86. The molecule has 0 unspecified atom stereocenters. The Hall–Kier alpha value is -1.36. The van der Waals surface area contributed by atoms with E-state index in [-0.39, 0.29) is 23.5 Å². The van der Waals surface area contributed by atoms with Gasteiger partial charge in [-0.05, 0) is 95.5 Å². The number of rotatable bonds is 2. The normalized spacial score (nSPS) is 34.2. The molecule has 1 aromatic rings. The van der Waals surface area contributed by atoms with Crippen LogP contribution < -0.4 is 4.74 Å². The molecule has 4 nitrogen and oxygen atoms in total. The first-order valence-electron chi connectivity index (χ1n) is 9.97. The molecule has 2 fully saturated rings. The zero-order valence-corrected chi connectivity index (χ0v) is 17.8. The summed E-state index contributed by atoms with van der Waals surface area (Å²) in [6.07, 6.45) is 6.61. The van der Waals surface area contributed by atoms with Gasteiger partial charge in [-0.2, -0.15) is 0 Å². The Labute approximate surface area is 169 Å². The highest BCUT2D eigenvalue weighted by molar-refractivity contribution is 9.10. The summed E-state index contributed by atoms with van der Waals surface area (Å²) >= 11 is 3.59. The molecular weight excluding hydrogens is 408 g/mol. The number of benzene rings is 1. The minimum absolute atomic E-state index is 0.0698. The van der Waals surface area contributed by atoms with Gasteiger partial charge in [-0.15, -0.1) is 0 Å². The van der Waals surface area contributed by atoms with Crippen molar-refractivity contribution < 1.29 is 19.1 Å². The lowest BCUT2D eigenvalue weighted by Crippen LogP contribution is -2.45. The van der Waals surface area contributed by atoms with E-state index in [0.717, 1.165) is 43.0 Å². The average Bonchev–Trinajstić information content (AvgIpc) is 2.91. The summed E-state index contributed by atoms with van der Waals surface area (Å²) in [5.74, 6) is 1.98. The maximum absolute atomic E-state index is 11.5. The number of carbonyl (C=O) groups is 2. The zero-order valence-electron chi connectivity index (χ0n) is 16.2. The van der Waals surface area contributed by atoms with E-state index in [0.29, 0.717) is 23.5 Å². The van der Waals surface area contributed by atoms with Crippen molar-refractivity contribution >= 4 is 27.9 Å². The molecule has 0 aromatic heterocycles. The van der Waals surface area contributed by atoms with Crippen molar-refractivity contribution in [1.29, 1.82) is 0 Å². The molecule has 0 heterocycles. The highest BCUT2D eigenvalue weighted by Gasteiger charge is 2.56. The summed E-state index contributed by atoms with van der Waals surface area (Å²) in [5.41, 5.74) is 2.83. The second-order valence-electron chi connectivity index (χ2n) is 8.71. The molecule has 0 saturated heterocycles. The van der Waals surface area contributed by atoms with Crippen LogP contribution in [0.4, 0.5) is 0 Å². The zero-order chi connectivity index (χ0) is 19.3. The minimum atomic E-state index is -0.291. The minimum Gasteiger partial charge on any atom is -0.462 e. The first-order valence-corrected chi connectivity index (χ1v) is 10.8. The van der Waals surface area contributed by atoms with E-state index in [1.807, 2.05) is 6.07 Å². The predicted molar refractivity (Wildman–Crippen MR) is 106 cm³/mol. The van der Waals surface area contributed by atoms with Gasteiger partial charge in [0.1, 0.15) is 11.9 Å². The molecule has 5 atom stereocenters. The maximum Gasteiger partial charge on any atom is 0.308 e. The fourth-order valence-corrected chi connectivity index (χ4v) is 6.59. The van der Waals surface area contributed by atoms with E-state index in [9.17, 15) is 9.59 Å². The summed E-state index contributed by atoms with van der Waals surface area (Å²) in [5, 5.41) is 0. The Morgan fingerprint density at radius 1 is 1.11 bits per heavy atom. The van der Waals surface area contributed by atoms with Gasteiger partial charge in [0.05, 0.1) is 4.47 Å². The molecule has 0 spiro atoms. The summed E-state index contributed by atoms with van der Waals surface area (Å²) in [6, 6.07) is 4.22. The van der Waals surface area contributed by atoms with Gasteiger partial charge in [0, 0.05) is 19.3 Å². The topological polar surface area (TPSA) is 52.6 Å². The lowest BCUT2D eigenvalue weighted by Gasteiger charge is -2.50. The monoisotopic (exact) mass is 434 g/mol. The van der Waals surface area contributed by atoms with Crippen LogP contribution in [0.5, 0.6) is 5.75 Å². The average molecular weight is 435 g/mol. The van der Waals surface area contributed by atoms with Crippen LogP contribution in [0.3, 0.4) is 0 Å². The number of ether oxygens (including phenoxy) is 2. The van der Waals surface area contributed by atoms with E-state index in [4.69, 9.17) is 9.47 Å². The SMILES string of the molecule is CC(=O)Oc1cc2c(cc1Br)[C@@H]1CC[C@@]3(C)[C@H](CC[C@H]3OC(C)=O)[C@@H]1CC2. The summed E-state index contributed by atoms with van der Waals surface area (Å²) in [4.78, 5) is 22.9. The van der Waals surface area contributed by atoms with Gasteiger partial charge in [0.15, 0.2) is 0 Å². The van der Waals surface area contributed by atoms with E-state index < -0.39 is 0 Å². The third-order valence-electron chi connectivity index (χ3n) is 7.25. The Bertz CT molecular complexity index is 789. The molecular formula is C22H27BrO4. The smallest absolute Gasteiger partial charge is 0.308 e. The second-order valence-corrected chi connectivity index (χ2v) is 9.56. The lowest BCUT2D eigenvalue weighted by atomic mass is 9.55. The summed E-state index contributed by atoms with van der Waals surface area (Å²) in [6.45, 7) is 5.30. The van der Waals surface area contributed by atoms with Gasteiger partial charge in [0.2, 0.25) is 0 Å². The van der Waals surface area contributed by atoms with Crippen LogP contribution in [-0.2, 0) is 20.7 Å². The molecule has 146 valence electrons. The molecule has 0 amide bonds. The second kappa shape index (κ2) is 6.91. The van der Waals surface area contributed by atoms with Crippen LogP contribution in [0.15, 0.2) is 16.6 Å². The Balaban J connectivity index is 1.62. The predicted octanol–water partition coefficient (Wildman–Crippen LogP) is 5.16.